The minimum Gasteiger partial charge on any atom is -0.316 e. The van der Waals surface area contributed by atoms with E-state index in [4.69, 9.17) is 0 Å². The molecule has 2 aromatic rings. The summed E-state index contributed by atoms with van der Waals surface area (Å²) in [6, 6.07) is 8.45. The highest BCUT2D eigenvalue weighted by molar-refractivity contribution is 7.99. The third kappa shape index (κ3) is 1.69. The number of fused-ring (bicyclic) bond motifs is 4. The Labute approximate surface area is 116 Å². The van der Waals surface area contributed by atoms with Crippen LogP contribution in [0.5, 0.6) is 0 Å². The van der Waals surface area contributed by atoms with Crippen LogP contribution in [-0.2, 0) is 5.54 Å². The molecule has 2 aliphatic heterocycles. The van der Waals surface area contributed by atoms with Gasteiger partial charge in [0.05, 0.1) is 11.2 Å². The van der Waals surface area contributed by atoms with Gasteiger partial charge in [0.2, 0.25) is 0 Å². The number of nitrogens with one attached hydrogen (secondary N) is 2. The predicted molar refractivity (Wildman–Crippen MR) is 78.6 cm³/mol. The normalized spacial score (nSPS) is 20.2. The Bertz CT molecular complexity index is 601. The lowest BCUT2D eigenvalue weighted by atomic mass is 9.89. The van der Waals surface area contributed by atoms with Crippen molar-refractivity contribution in [2.75, 3.05) is 16.9 Å². The number of rotatable bonds is 0. The summed E-state index contributed by atoms with van der Waals surface area (Å²) in [6.45, 7) is 0. The molecule has 0 bridgehead atoms. The first-order valence-electron chi connectivity index (χ1n) is 6.63. The van der Waals surface area contributed by atoms with E-state index in [0.717, 1.165) is 24.3 Å². The van der Waals surface area contributed by atoms with Crippen LogP contribution >= 0.6 is 11.8 Å². The number of hydrogen-bond acceptors (Lipinski definition) is 4. The highest BCUT2D eigenvalue weighted by Crippen LogP contribution is 2.39. The predicted octanol–water partition coefficient (Wildman–Crippen LogP) is 2.52. The van der Waals surface area contributed by atoms with Gasteiger partial charge in [-0.15, -0.1) is 0 Å². The van der Waals surface area contributed by atoms with Gasteiger partial charge < -0.3 is 9.99 Å². The van der Waals surface area contributed by atoms with Crippen LogP contribution in [0.15, 0.2) is 36.7 Å². The van der Waals surface area contributed by atoms with Crippen LogP contribution in [0, 0.1) is 0 Å². The van der Waals surface area contributed by atoms with Gasteiger partial charge in [-0.2, -0.15) is 11.8 Å². The highest BCUT2D eigenvalue weighted by Gasteiger charge is 2.38. The zero-order valence-corrected chi connectivity index (χ0v) is 11.4. The summed E-state index contributed by atoms with van der Waals surface area (Å²) in [5, 5.41) is 0. The molecule has 0 aliphatic carbocycles. The van der Waals surface area contributed by atoms with E-state index >= 15 is 0 Å². The van der Waals surface area contributed by atoms with E-state index in [0.29, 0.717) is 0 Å². The molecule has 4 nitrogen and oxygen atoms in total. The maximum absolute atomic E-state index is 4.44. The van der Waals surface area contributed by atoms with Gasteiger partial charge in [0.15, 0.2) is 5.82 Å². The third-order valence-corrected chi connectivity index (χ3v) is 5.04. The molecular weight excluding hydrogens is 256 g/mol. The van der Waals surface area contributed by atoms with Crippen molar-refractivity contribution >= 4 is 17.6 Å². The molecule has 98 valence electrons. The average Bonchev–Trinajstić information content (AvgIpc) is 2.92. The molecule has 2 aliphatic rings. The molecule has 19 heavy (non-hydrogen) atoms. The number of anilines is 1. The fraction of sp³-hybridized carbons (Fsp3) is 0.357. The molecule has 0 atom stereocenters. The molecule has 0 amide bonds. The minimum atomic E-state index is 0.0233. The number of aromatic nitrogens is 2. The van der Waals surface area contributed by atoms with Crippen LogP contribution < -0.4 is 10.9 Å². The van der Waals surface area contributed by atoms with Crippen molar-refractivity contribution in [1.82, 2.24) is 15.0 Å². The maximum Gasteiger partial charge on any atom is 0.164 e. The van der Waals surface area contributed by atoms with E-state index in [1.54, 1.807) is 0 Å². The number of pyridine rings is 1. The van der Waals surface area contributed by atoms with Crippen molar-refractivity contribution in [3.8, 4) is 5.69 Å². The van der Waals surface area contributed by atoms with Gasteiger partial charge in [-0.1, -0.05) is 0 Å². The summed E-state index contributed by atoms with van der Waals surface area (Å²) < 4.78 is 2.27. The molecule has 1 fully saturated rings. The van der Waals surface area contributed by atoms with Crippen molar-refractivity contribution in [2.45, 2.75) is 18.4 Å². The minimum absolute atomic E-state index is 0.0233. The Morgan fingerprint density at radius 1 is 1.21 bits per heavy atom. The third-order valence-electron chi connectivity index (χ3n) is 4.05. The fourth-order valence-corrected chi connectivity index (χ4v) is 4.20. The van der Waals surface area contributed by atoms with Gasteiger partial charge in [0.25, 0.3) is 0 Å². The van der Waals surface area contributed by atoms with E-state index in [1.165, 1.54) is 17.2 Å². The molecule has 0 aromatic carbocycles. The van der Waals surface area contributed by atoms with Crippen LogP contribution in [0.3, 0.4) is 0 Å². The van der Waals surface area contributed by atoms with E-state index in [-0.39, 0.29) is 5.54 Å². The molecule has 0 radical (unpaired) electrons. The number of hydrogen-bond donors (Lipinski definition) is 2. The van der Waals surface area contributed by atoms with Crippen LogP contribution in [0.25, 0.3) is 5.69 Å². The molecular formula is C14H16N4S. The summed E-state index contributed by atoms with van der Waals surface area (Å²) in [6.07, 6.45) is 6.24. The molecule has 5 heteroatoms. The lowest BCUT2D eigenvalue weighted by molar-refractivity contribution is 0.321. The Hall–Kier alpha value is -1.46. The van der Waals surface area contributed by atoms with Crippen LogP contribution in [0.4, 0.5) is 5.82 Å². The van der Waals surface area contributed by atoms with Crippen LogP contribution in [-0.4, -0.2) is 21.1 Å². The fourth-order valence-electron chi connectivity index (χ4n) is 3.01. The summed E-state index contributed by atoms with van der Waals surface area (Å²) >= 11 is 2.04. The summed E-state index contributed by atoms with van der Waals surface area (Å²) in [7, 11) is 0. The topological polar surface area (TPSA) is 41.9 Å². The van der Waals surface area contributed by atoms with E-state index in [1.807, 2.05) is 24.0 Å². The molecule has 4 heterocycles. The Morgan fingerprint density at radius 3 is 3.00 bits per heavy atom. The smallest absolute Gasteiger partial charge is 0.164 e. The highest BCUT2D eigenvalue weighted by atomic mass is 32.2. The number of thioether (sulfide) groups is 1. The van der Waals surface area contributed by atoms with E-state index in [2.05, 4.69) is 44.8 Å². The number of nitrogens with zero attached hydrogens (tertiary/aromatic N) is 2. The average molecular weight is 272 g/mol. The second-order valence-corrected chi connectivity index (χ2v) is 6.30. The summed E-state index contributed by atoms with van der Waals surface area (Å²) in [5.74, 6) is 3.29. The van der Waals surface area contributed by atoms with Crippen LogP contribution in [0.2, 0.25) is 0 Å². The standard InChI is InChI=1S/C14H16N4S/c1-3-11-13(15-7-1)16-17-14(5-9-19-10-6-14)12-4-2-8-18(11)12/h1-4,7-8,17H,5-6,9-10H2,(H,15,16). The zero-order chi connectivity index (χ0) is 12.7. The molecule has 1 spiro atoms. The Morgan fingerprint density at radius 2 is 2.11 bits per heavy atom. The second-order valence-electron chi connectivity index (χ2n) is 5.08. The number of hydrazine groups is 1. The van der Waals surface area contributed by atoms with Gasteiger partial charge in [-0.05, 0) is 48.6 Å². The zero-order valence-electron chi connectivity index (χ0n) is 10.6. The lowest BCUT2D eigenvalue weighted by Crippen LogP contribution is -2.48. The van der Waals surface area contributed by atoms with Gasteiger partial charge in [0.1, 0.15) is 0 Å². The second kappa shape index (κ2) is 4.28. The van der Waals surface area contributed by atoms with Crippen molar-refractivity contribution in [3.05, 3.63) is 42.4 Å². The molecule has 0 unspecified atom stereocenters. The first-order valence-corrected chi connectivity index (χ1v) is 7.79. The monoisotopic (exact) mass is 272 g/mol. The molecule has 0 saturated carbocycles. The molecule has 2 N–H and O–H groups in total. The molecule has 2 aromatic heterocycles. The van der Waals surface area contributed by atoms with Gasteiger partial charge in [0, 0.05) is 18.1 Å². The quantitative estimate of drug-likeness (QED) is 0.773. The first-order chi connectivity index (χ1) is 9.39. The van der Waals surface area contributed by atoms with Crippen molar-refractivity contribution in [2.24, 2.45) is 0 Å². The summed E-state index contributed by atoms with van der Waals surface area (Å²) in [4.78, 5) is 4.44. The van der Waals surface area contributed by atoms with Crippen molar-refractivity contribution < 1.29 is 0 Å². The van der Waals surface area contributed by atoms with Crippen LogP contribution in [0.1, 0.15) is 18.5 Å². The van der Waals surface area contributed by atoms with Gasteiger partial charge in [-0.25, -0.2) is 10.4 Å². The molecule has 1 saturated heterocycles. The Kier molecular flexibility index (Phi) is 2.56. The Balaban J connectivity index is 1.90. The maximum atomic E-state index is 4.44. The van der Waals surface area contributed by atoms with Crippen molar-refractivity contribution in [1.29, 1.82) is 0 Å². The van der Waals surface area contributed by atoms with Crippen molar-refractivity contribution in [3.63, 3.8) is 0 Å². The largest absolute Gasteiger partial charge is 0.316 e. The summed E-state index contributed by atoms with van der Waals surface area (Å²) in [5.41, 5.74) is 9.36. The van der Waals surface area contributed by atoms with Gasteiger partial charge >= 0.3 is 0 Å². The lowest BCUT2D eigenvalue weighted by Gasteiger charge is -2.37. The SMILES string of the molecule is c1cnc2c(c1)-n1cccc1C1(CCSCC1)NN2. The van der Waals surface area contributed by atoms with E-state index < -0.39 is 0 Å². The molecule has 4 rings (SSSR count). The van der Waals surface area contributed by atoms with Gasteiger partial charge in [-0.3, -0.25) is 0 Å². The van der Waals surface area contributed by atoms with E-state index in [9.17, 15) is 0 Å². The first kappa shape index (κ1) is 11.4.